The summed E-state index contributed by atoms with van der Waals surface area (Å²) < 4.78 is 13.9. The van der Waals surface area contributed by atoms with E-state index >= 15 is 0 Å². The van der Waals surface area contributed by atoms with E-state index in [1.54, 1.807) is 6.07 Å². The number of hydrogen-bond donors (Lipinski definition) is 1. The Kier molecular flexibility index (Phi) is 3.92. The van der Waals surface area contributed by atoms with E-state index in [1.807, 2.05) is 7.05 Å². The van der Waals surface area contributed by atoms with Gasteiger partial charge < -0.3 is 10.6 Å². The highest BCUT2D eigenvalue weighted by Gasteiger charge is 2.18. The smallest absolute Gasteiger partial charge is 0.139 e. The van der Waals surface area contributed by atoms with Crippen LogP contribution in [0.25, 0.3) is 0 Å². The Bertz CT molecular complexity index is 403. The van der Waals surface area contributed by atoms with Gasteiger partial charge in [0.2, 0.25) is 0 Å². The molecule has 1 aliphatic rings. The van der Waals surface area contributed by atoms with Crippen molar-refractivity contribution in [2.75, 3.05) is 24.2 Å². The summed E-state index contributed by atoms with van der Waals surface area (Å²) in [4.78, 5) is 2.07. The molecule has 2 rings (SSSR count). The van der Waals surface area contributed by atoms with Crippen molar-refractivity contribution in [1.29, 1.82) is 0 Å². The Morgan fingerprint density at radius 2 is 2.06 bits per heavy atom. The third-order valence-corrected chi connectivity index (χ3v) is 4.10. The zero-order valence-corrected chi connectivity index (χ0v) is 11.6. The van der Waals surface area contributed by atoms with Crippen molar-refractivity contribution < 1.29 is 4.39 Å². The molecule has 1 aromatic carbocycles. The minimum Gasteiger partial charge on any atom is -0.397 e. The first-order chi connectivity index (χ1) is 8.08. The van der Waals surface area contributed by atoms with E-state index in [0.717, 1.165) is 18.2 Å². The van der Waals surface area contributed by atoms with E-state index in [0.29, 0.717) is 10.2 Å². The Balaban J connectivity index is 2.12. The number of nitrogen functional groups attached to an aromatic ring is 1. The molecule has 1 aromatic rings. The maximum Gasteiger partial charge on any atom is 0.139 e. The molecular weight excluding hydrogens is 283 g/mol. The van der Waals surface area contributed by atoms with Gasteiger partial charge in [-0.05, 0) is 40.8 Å². The molecule has 0 radical (unpaired) electrons. The normalized spacial score (nSPS) is 16.4. The lowest BCUT2D eigenvalue weighted by atomic mass is 10.1. The monoisotopic (exact) mass is 300 g/mol. The highest BCUT2D eigenvalue weighted by molar-refractivity contribution is 9.10. The van der Waals surface area contributed by atoms with E-state index in [-0.39, 0.29) is 5.82 Å². The first-order valence-corrected chi connectivity index (χ1v) is 6.83. The van der Waals surface area contributed by atoms with E-state index in [2.05, 4.69) is 20.8 Å². The molecule has 0 heterocycles. The number of halogens is 2. The molecule has 0 amide bonds. The second-order valence-electron chi connectivity index (χ2n) is 4.86. The Morgan fingerprint density at radius 3 is 2.71 bits per heavy atom. The van der Waals surface area contributed by atoms with E-state index in [9.17, 15) is 4.39 Å². The average molecular weight is 301 g/mol. The number of nitrogens with zero attached hydrogens (tertiary/aromatic N) is 1. The maximum absolute atomic E-state index is 13.5. The van der Waals surface area contributed by atoms with Gasteiger partial charge in [0.25, 0.3) is 0 Å². The van der Waals surface area contributed by atoms with E-state index in [1.165, 1.54) is 31.7 Å². The second kappa shape index (κ2) is 5.25. The van der Waals surface area contributed by atoms with Crippen molar-refractivity contribution >= 4 is 27.3 Å². The fraction of sp³-hybridized carbons (Fsp3) is 0.538. The highest BCUT2D eigenvalue weighted by atomic mass is 79.9. The van der Waals surface area contributed by atoms with Crippen LogP contribution < -0.4 is 10.6 Å². The van der Waals surface area contributed by atoms with Crippen LogP contribution in [0.1, 0.15) is 25.7 Å². The van der Waals surface area contributed by atoms with Crippen molar-refractivity contribution in [2.45, 2.75) is 25.7 Å². The van der Waals surface area contributed by atoms with Crippen LogP contribution in [0.3, 0.4) is 0 Å². The largest absolute Gasteiger partial charge is 0.397 e. The molecule has 0 aliphatic heterocycles. The summed E-state index contributed by atoms with van der Waals surface area (Å²) in [7, 11) is 1.98. The SMILES string of the molecule is CN(CC1CCCC1)c1cc(F)c(Br)cc1N. The predicted octanol–water partition coefficient (Wildman–Crippen LogP) is 3.80. The third kappa shape index (κ3) is 2.92. The van der Waals surface area contributed by atoms with Crippen molar-refractivity contribution in [1.82, 2.24) is 0 Å². The third-order valence-electron chi connectivity index (χ3n) is 3.49. The fourth-order valence-corrected chi connectivity index (χ4v) is 2.92. The predicted molar refractivity (Wildman–Crippen MR) is 73.7 cm³/mol. The van der Waals surface area contributed by atoms with Gasteiger partial charge in [-0.15, -0.1) is 0 Å². The van der Waals surface area contributed by atoms with Gasteiger partial charge >= 0.3 is 0 Å². The lowest BCUT2D eigenvalue weighted by Gasteiger charge is -2.24. The van der Waals surface area contributed by atoms with Gasteiger partial charge in [-0.3, -0.25) is 0 Å². The Labute approximate surface area is 110 Å². The number of hydrogen-bond acceptors (Lipinski definition) is 2. The second-order valence-corrected chi connectivity index (χ2v) is 5.71. The molecule has 0 aromatic heterocycles. The molecule has 0 spiro atoms. The lowest BCUT2D eigenvalue weighted by molar-refractivity contribution is 0.546. The molecule has 0 saturated heterocycles. The number of benzene rings is 1. The quantitative estimate of drug-likeness (QED) is 0.861. The molecule has 0 atom stereocenters. The van der Waals surface area contributed by atoms with Crippen LogP contribution in [0.5, 0.6) is 0 Å². The van der Waals surface area contributed by atoms with Crippen molar-refractivity contribution in [2.24, 2.45) is 5.92 Å². The first-order valence-electron chi connectivity index (χ1n) is 6.03. The molecule has 4 heteroatoms. The maximum atomic E-state index is 13.5. The molecule has 2 N–H and O–H groups in total. The van der Waals surface area contributed by atoms with Gasteiger partial charge in [-0.2, -0.15) is 0 Å². The summed E-state index contributed by atoms with van der Waals surface area (Å²) in [6.07, 6.45) is 5.21. The summed E-state index contributed by atoms with van der Waals surface area (Å²) in [5.74, 6) is 0.471. The molecule has 0 bridgehead atoms. The zero-order valence-electron chi connectivity index (χ0n) is 10.0. The van der Waals surface area contributed by atoms with Gasteiger partial charge in [-0.1, -0.05) is 12.8 Å². The number of rotatable bonds is 3. The van der Waals surface area contributed by atoms with E-state index in [4.69, 9.17) is 5.73 Å². The van der Waals surface area contributed by atoms with Crippen molar-refractivity contribution in [3.8, 4) is 0 Å². The van der Waals surface area contributed by atoms with Crippen LogP contribution in [0.4, 0.5) is 15.8 Å². The summed E-state index contributed by atoms with van der Waals surface area (Å²) in [5.41, 5.74) is 7.34. The fourth-order valence-electron chi connectivity index (χ4n) is 2.56. The summed E-state index contributed by atoms with van der Waals surface area (Å²) in [5, 5.41) is 0. The van der Waals surface area contributed by atoms with Crippen LogP contribution in [0.2, 0.25) is 0 Å². The molecule has 0 unspecified atom stereocenters. The molecule has 2 nitrogen and oxygen atoms in total. The van der Waals surface area contributed by atoms with Crippen LogP contribution in [-0.2, 0) is 0 Å². The average Bonchev–Trinajstić information content (AvgIpc) is 2.76. The molecular formula is C13H18BrFN2. The number of anilines is 2. The molecule has 1 fully saturated rings. The summed E-state index contributed by atoms with van der Waals surface area (Å²) in [6.45, 7) is 0.964. The van der Waals surface area contributed by atoms with Crippen molar-refractivity contribution in [3.05, 3.63) is 22.4 Å². The number of nitrogens with two attached hydrogens (primary N) is 1. The van der Waals surface area contributed by atoms with Gasteiger partial charge in [0.15, 0.2) is 0 Å². The summed E-state index contributed by atoms with van der Waals surface area (Å²) in [6, 6.07) is 3.14. The highest BCUT2D eigenvalue weighted by Crippen LogP contribution is 2.31. The Morgan fingerprint density at radius 1 is 1.41 bits per heavy atom. The molecule has 17 heavy (non-hydrogen) atoms. The van der Waals surface area contributed by atoms with Crippen LogP contribution in [0.15, 0.2) is 16.6 Å². The van der Waals surface area contributed by atoms with Crippen LogP contribution >= 0.6 is 15.9 Å². The minimum absolute atomic E-state index is 0.257. The summed E-state index contributed by atoms with van der Waals surface area (Å²) >= 11 is 3.14. The van der Waals surface area contributed by atoms with Crippen LogP contribution in [0, 0.1) is 11.7 Å². The van der Waals surface area contributed by atoms with Gasteiger partial charge in [-0.25, -0.2) is 4.39 Å². The van der Waals surface area contributed by atoms with Crippen LogP contribution in [-0.4, -0.2) is 13.6 Å². The van der Waals surface area contributed by atoms with E-state index < -0.39 is 0 Å². The minimum atomic E-state index is -0.257. The van der Waals surface area contributed by atoms with Gasteiger partial charge in [0.05, 0.1) is 15.8 Å². The zero-order chi connectivity index (χ0) is 12.4. The molecule has 1 aliphatic carbocycles. The topological polar surface area (TPSA) is 29.3 Å². The van der Waals surface area contributed by atoms with Gasteiger partial charge in [0.1, 0.15) is 5.82 Å². The standard InChI is InChI=1S/C13H18BrFN2/c1-17(8-9-4-2-3-5-9)13-7-11(15)10(14)6-12(13)16/h6-7,9H,2-5,8,16H2,1H3. The first kappa shape index (κ1) is 12.7. The molecule has 1 saturated carbocycles. The van der Waals surface area contributed by atoms with Gasteiger partial charge in [0, 0.05) is 19.7 Å². The molecule has 94 valence electrons. The van der Waals surface area contributed by atoms with Crippen molar-refractivity contribution in [3.63, 3.8) is 0 Å². The Hall–Kier alpha value is -0.770. The lowest BCUT2D eigenvalue weighted by Crippen LogP contribution is -2.25.